The average Bonchev–Trinajstić information content (AvgIpc) is 2.73. The van der Waals surface area contributed by atoms with E-state index in [2.05, 4.69) is 26.2 Å². The Balaban J connectivity index is 1.80. The molecular weight excluding hydrogens is 300 g/mol. The SMILES string of the molecule is Cc1ncc(C(=O)NCC2CCCC(Br)C2)s1. The first kappa shape index (κ1) is 13.0. The van der Waals surface area contributed by atoms with E-state index in [1.165, 1.54) is 37.0 Å². The van der Waals surface area contributed by atoms with Gasteiger partial charge in [0, 0.05) is 11.4 Å². The molecule has 1 aromatic rings. The van der Waals surface area contributed by atoms with E-state index in [1.54, 1.807) is 6.20 Å². The molecule has 0 radical (unpaired) electrons. The molecule has 0 aromatic carbocycles. The van der Waals surface area contributed by atoms with E-state index in [-0.39, 0.29) is 5.91 Å². The number of alkyl halides is 1. The van der Waals surface area contributed by atoms with Crippen molar-refractivity contribution in [3.8, 4) is 0 Å². The molecule has 1 aliphatic carbocycles. The van der Waals surface area contributed by atoms with Crippen molar-refractivity contribution >= 4 is 33.2 Å². The number of aromatic nitrogens is 1. The van der Waals surface area contributed by atoms with E-state index in [9.17, 15) is 4.79 Å². The largest absolute Gasteiger partial charge is 0.351 e. The second-order valence-corrected chi connectivity index (χ2v) is 7.11. The van der Waals surface area contributed by atoms with Gasteiger partial charge in [0.1, 0.15) is 4.88 Å². The van der Waals surface area contributed by atoms with E-state index in [1.807, 2.05) is 6.92 Å². The highest BCUT2D eigenvalue weighted by molar-refractivity contribution is 9.09. The number of nitrogens with one attached hydrogen (secondary N) is 1. The van der Waals surface area contributed by atoms with Gasteiger partial charge in [-0.25, -0.2) is 4.98 Å². The number of hydrogen-bond acceptors (Lipinski definition) is 3. The van der Waals surface area contributed by atoms with Crippen LogP contribution in [-0.2, 0) is 0 Å². The van der Waals surface area contributed by atoms with Crippen molar-refractivity contribution in [1.82, 2.24) is 10.3 Å². The van der Waals surface area contributed by atoms with Crippen LogP contribution in [0.1, 0.15) is 40.4 Å². The van der Waals surface area contributed by atoms with Gasteiger partial charge in [-0.3, -0.25) is 4.79 Å². The molecule has 0 bridgehead atoms. The van der Waals surface area contributed by atoms with Crippen molar-refractivity contribution in [2.24, 2.45) is 5.92 Å². The monoisotopic (exact) mass is 316 g/mol. The highest BCUT2D eigenvalue weighted by Crippen LogP contribution is 2.28. The molecule has 17 heavy (non-hydrogen) atoms. The molecule has 2 atom stereocenters. The number of carbonyl (C=O) groups is 1. The third kappa shape index (κ3) is 3.78. The molecule has 1 amide bonds. The molecule has 1 aromatic heterocycles. The summed E-state index contributed by atoms with van der Waals surface area (Å²) in [4.78, 5) is 17.3. The fourth-order valence-electron chi connectivity index (χ4n) is 2.20. The minimum Gasteiger partial charge on any atom is -0.351 e. The maximum atomic E-state index is 11.8. The van der Waals surface area contributed by atoms with E-state index in [4.69, 9.17) is 0 Å². The summed E-state index contributed by atoms with van der Waals surface area (Å²) in [5.74, 6) is 0.637. The molecule has 1 fully saturated rings. The van der Waals surface area contributed by atoms with Crippen LogP contribution in [0, 0.1) is 12.8 Å². The molecule has 0 saturated heterocycles. The smallest absolute Gasteiger partial charge is 0.263 e. The first-order valence-corrected chi connectivity index (χ1v) is 7.73. The third-order valence-electron chi connectivity index (χ3n) is 3.12. The minimum absolute atomic E-state index is 0.0206. The second kappa shape index (κ2) is 5.96. The van der Waals surface area contributed by atoms with E-state index >= 15 is 0 Å². The van der Waals surface area contributed by atoms with Gasteiger partial charge in [0.2, 0.25) is 0 Å². The molecule has 2 rings (SSSR count). The molecule has 2 unspecified atom stereocenters. The van der Waals surface area contributed by atoms with Crippen LogP contribution in [0.15, 0.2) is 6.20 Å². The van der Waals surface area contributed by atoms with Gasteiger partial charge in [-0.15, -0.1) is 11.3 Å². The van der Waals surface area contributed by atoms with Crippen LogP contribution < -0.4 is 5.32 Å². The lowest BCUT2D eigenvalue weighted by Gasteiger charge is -2.25. The lowest BCUT2D eigenvalue weighted by Crippen LogP contribution is -2.31. The Kier molecular flexibility index (Phi) is 4.56. The van der Waals surface area contributed by atoms with Crippen LogP contribution >= 0.6 is 27.3 Å². The van der Waals surface area contributed by atoms with Crippen LogP contribution in [0.2, 0.25) is 0 Å². The summed E-state index contributed by atoms with van der Waals surface area (Å²) in [5.41, 5.74) is 0. The standard InChI is InChI=1S/C12H17BrN2OS/c1-8-14-7-11(17-8)12(16)15-6-9-3-2-4-10(13)5-9/h7,9-10H,2-6H2,1H3,(H,15,16). The second-order valence-electron chi connectivity index (χ2n) is 4.58. The van der Waals surface area contributed by atoms with Crippen molar-refractivity contribution in [2.45, 2.75) is 37.4 Å². The lowest BCUT2D eigenvalue weighted by molar-refractivity contribution is 0.0948. The predicted octanol–water partition coefficient (Wildman–Crippen LogP) is 3.14. The van der Waals surface area contributed by atoms with E-state index in [0.29, 0.717) is 15.6 Å². The number of nitrogens with zero attached hydrogens (tertiary/aromatic N) is 1. The highest BCUT2D eigenvalue weighted by atomic mass is 79.9. The van der Waals surface area contributed by atoms with Gasteiger partial charge >= 0.3 is 0 Å². The Bertz CT molecular complexity index is 394. The Morgan fingerprint density at radius 3 is 3.12 bits per heavy atom. The molecule has 1 heterocycles. The van der Waals surface area contributed by atoms with Crippen LogP contribution in [0.5, 0.6) is 0 Å². The van der Waals surface area contributed by atoms with Gasteiger partial charge in [0.05, 0.1) is 11.2 Å². The molecule has 3 nitrogen and oxygen atoms in total. The van der Waals surface area contributed by atoms with Gasteiger partial charge in [0.25, 0.3) is 5.91 Å². The first-order chi connectivity index (χ1) is 8.15. The number of amides is 1. The molecule has 1 saturated carbocycles. The summed E-state index contributed by atoms with van der Waals surface area (Å²) in [6.07, 6.45) is 6.57. The van der Waals surface area contributed by atoms with Gasteiger partial charge in [0.15, 0.2) is 0 Å². The topological polar surface area (TPSA) is 42.0 Å². The van der Waals surface area contributed by atoms with Crippen molar-refractivity contribution in [2.75, 3.05) is 6.54 Å². The third-order valence-corrected chi connectivity index (χ3v) is 4.86. The predicted molar refractivity (Wildman–Crippen MR) is 73.9 cm³/mol. The zero-order chi connectivity index (χ0) is 12.3. The van der Waals surface area contributed by atoms with Gasteiger partial charge in [-0.1, -0.05) is 22.4 Å². The molecule has 0 aliphatic heterocycles. The number of aryl methyl sites for hydroxylation is 1. The molecule has 5 heteroatoms. The number of hydrogen-bond donors (Lipinski definition) is 1. The van der Waals surface area contributed by atoms with Crippen LogP contribution in [-0.4, -0.2) is 22.3 Å². The number of rotatable bonds is 3. The number of thiazole rings is 1. The quantitative estimate of drug-likeness (QED) is 0.870. The summed E-state index contributed by atoms with van der Waals surface area (Å²) < 4.78 is 0. The lowest BCUT2D eigenvalue weighted by atomic mass is 9.89. The molecule has 94 valence electrons. The number of halogens is 1. The Morgan fingerprint density at radius 1 is 1.65 bits per heavy atom. The zero-order valence-corrected chi connectivity index (χ0v) is 12.3. The van der Waals surface area contributed by atoms with Crippen molar-refractivity contribution in [1.29, 1.82) is 0 Å². The summed E-state index contributed by atoms with van der Waals surface area (Å²) >= 11 is 5.11. The van der Waals surface area contributed by atoms with Crippen molar-refractivity contribution < 1.29 is 4.79 Å². The highest BCUT2D eigenvalue weighted by Gasteiger charge is 2.20. The fraction of sp³-hybridized carbons (Fsp3) is 0.667. The Labute approximate surface area is 114 Å². The average molecular weight is 317 g/mol. The fourth-order valence-corrected chi connectivity index (χ4v) is 3.75. The Morgan fingerprint density at radius 2 is 2.47 bits per heavy atom. The van der Waals surface area contributed by atoms with Gasteiger partial charge < -0.3 is 5.32 Å². The summed E-state index contributed by atoms with van der Waals surface area (Å²) in [7, 11) is 0. The van der Waals surface area contributed by atoms with E-state index < -0.39 is 0 Å². The summed E-state index contributed by atoms with van der Waals surface area (Å²) in [6.45, 7) is 2.70. The maximum absolute atomic E-state index is 11.8. The molecule has 0 spiro atoms. The van der Waals surface area contributed by atoms with Crippen LogP contribution in [0.25, 0.3) is 0 Å². The molecular formula is C12H17BrN2OS. The van der Waals surface area contributed by atoms with Gasteiger partial charge in [-0.05, 0) is 32.1 Å². The molecule has 1 aliphatic rings. The number of carbonyl (C=O) groups excluding carboxylic acids is 1. The van der Waals surface area contributed by atoms with Crippen LogP contribution in [0.3, 0.4) is 0 Å². The summed E-state index contributed by atoms with van der Waals surface area (Å²) in [6, 6.07) is 0. The van der Waals surface area contributed by atoms with Crippen molar-refractivity contribution in [3.63, 3.8) is 0 Å². The maximum Gasteiger partial charge on any atom is 0.263 e. The minimum atomic E-state index is 0.0206. The van der Waals surface area contributed by atoms with E-state index in [0.717, 1.165) is 11.6 Å². The molecule has 1 N–H and O–H groups in total. The summed E-state index contributed by atoms with van der Waals surface area (Å²) in [5, 5.41) is 3.95. The van der Waals surface area contributed by atoms with Crippen LogP contribution in [0.4, 0.5) is 0 Å². The van der Waals surface area contributed by atoms with Crippen molar-refractivity contribution in [3.05, 3.63) is 16.1 Å². The normalized spacial score (nSPS) is 24.6. The van der Waals surface area contributed by atoms with Gasteiger partial charge in [-0.2, -0.15) is 0 Å². The Hall–Kier alpha value is -0.420. The zero-order valence-electron chi connectivity index (χ0n) is 9.91. The first-order valence-electron chi connectivity index (χ1n) is 6.00.